The van der Waals surface area contributed by atoms with Gasteiger partial charge in [-0.15, -0.1) is 0 Å². The summed E-state index contributed by atoms with van der Waals surface area (Å²) in [5.74, 6) is -1.82. The molecule has 2 aromatic rings. The molecule has 2 aromatic carbocycles. The molecule has 5 nitrogen and oxygen atoms in total. The van der Waals surface area contributed by atoms with Crippen molar-refractivity contribution in [2.75, 3.05) is 13.7 Å². The molecule has 0 aromatic heterocycles. The van der Waals surface area contributed by atoms with Crippen molar-refractivity contribution in [2.24, 2.45) is 0 Å². The molecule has 2 rings (SSSR count). The molecule has 0 radical (unpaired) electrons. The topological polar surface area (TPSA) is 75.6 Å². The molecule has 0 saturated carbocycles. The summed E-state index contributed by atoms with van der Waals surface area (Å²) in [6.45, 7) is -0.0957. The predicted octanol–water partition coefficient (Wildman–Crippen LogP) is 3.60. The summed E-state index contributed by atoms with van der Waals surface area (Å²) in [5, 5.41) is 12.7. The Bertz CT molecular complexity index is 747. The number of benzene rings is 2. The zero-order valence-corrected chi connectivity index (χ0v) is 14.3. The van der Waals surface area contributed by atoms with E-state index in [0.717, 1.165) is 0 Å². The lowest BCUT2D eigenvalue weighted by Crippen LogP contribution is -2.31. The predicted molar refractivity (Wildman–Crippen MR) is 92.2 cm³/mol. The first-order chi connectivity index (χ1) is 11.4. The van der Waals surface area contributed by atoms with Crippen molar-refractivity contribution in [3.63, 3.8) is 0 Å². The molecule has 0 aliphatic heterocycles. The van der Waals surface area contributed by atoms with Crippen molar-refractivity contribution < 1.29 is 19.4 Å². The van der Waals surface area contributed by atoms with E-state index in [1.807, 2.05) is 0 Å². The number of hydrogen-bond acceptors (Lipinski definition) is 3. The molecule has 0 saturated heterocycles. The molecule has 1 atom stereocenters. The summed E-state index contributed by atoms with van der Waals surface area (Å²) in [7, 11) is 1.53. The van der Waals surface area contributed by atoms with Crippen LogP contribution in [0.15, 0.2) is 42.5 Å². The Morgan fingerprint density at radius 2 is 1.83 bits per heavy atom. The normalized spacial score (nSPS) is 11.6. The summed E-state index contributed by atoms with van der Waals surface area (Å²) in [4.78, 5) is 23.7. The van der Waals surface area contributed by atoms with E-state index < -0.39 is 11.9 Å². The molecule has 0 fully saturated rings. The first kappa shape index (κ1) is 18.1. The van der Waals surface area contributed by atoms with Gasteiger partial charge in [-0.25, -0.2) is 0 Å². The fraction of sp³-hybridized carbons (Fsp3) is 0.176. The van der Waals surface area contributed by atoms with Crippen molar-refractivity contribution in [2.45, 2.75) is 5.92 Å². The second-order valence-corrected chi connectivity index (χ2v) is 5.84. The minimum Gasteiger partial charge on any atom is -0.497 e. The zero-order valence-electron chi connectivity index (χ0n) is 12.8. The van der Waals surface area contributed by atoms with Gasteiger partial charge in [-0.1, -0.05) is 29.3 Å². The minimum absolute atomic E-state index is 0.0957. The summed E-state index contributed by atoms with van der Waals surface area (Å²) >= 11 is 11.9. The monoisotopic (exact) mass is 367 g/mol. The van der Waals surface area contributed by atoms with Crippen LogP contribution in [0.4, 0.5) is 0 Å². The van der Waals surface area contributed by atoms with Gasteiger partial charge in [0, 0.05) is 22.2 Å². The van der Waals surface area contributed by atoms with E-state index in [2.05, 4.69) is 5.32 Å². The number of methoxy groups -OCH3 is 1. The van der Waals surface area contributed by atoms with Gasteiger partial charge >= 0.3 is 5.97 Å². The van der Waals surface area contributed by atoms with Crippen LogP contribution in [-0.2, 0) is 4.79 Å². The number of aliphatic carboxylic acids is 1. The highest BCUT2D eigenvalue weighted by atomic mass is 35.5. The number of amides is 1. The van der Waals surface area contributed by atoms with Gasteiger partial charge in [-0.2, -0.15) is 0 Å². The van der Waals surface area contributed by atoms with Crippen molar-refractivity contribution in [1.82, 2.24) is 5.32 Å². The Hall–Kier alpha value is -2.24. The first-order valence-corrected chi connectivity index (χ1v) is 7.78. The molecule has 7 heteroatoms. The fourth-order valence-electron chi connectivity index (χ4n) is 2.15. The van der Waals surface area contributed by atoms with E-state index in [-0.39, 0.29) is 17.5 Å². The van der Waals surface area contributed by atoms with Gasteiger partial charge in [0.2, 0.25) is 0 Å². The average molecular weight is 368 g/mol. The summed E-state index contributed by atoms with van der Waals surface area (Å²) < 4.78 is 5.02. The van der Waals surface area contributed by atoms with Crippen LogP contribution in [-0.4, -0.2) is 30.6 Å². The standard InChI is InChI=1S/C17H15Cl2NO4/c1-24-12-5-2-10(3-6-12)16(21)20-9-14(17(22)23)13-7-4-11(18)8-15(13)19/h2-8,14H,9H2,1H3,(H,20,21)(H,22,23). The number of hydrogen-bond donors (Lipinski definition) is 2. The third-order valence-corrected chi connectivity index (χ3v) is 4.02. The second kappa shape index (κ2) is 8.04. The number of carbonyl (C=O) groups is 2. The van der Waals surface area contributed by atoms with Crippen molar-refractivity contribution >= 4 is 35.1 Å². The molecule has 0 heterocycles. The molecule has 0 spiro atoms. The minimum atomic E-state index is -1.09. The molecule has 126 valence electrons. The SMILES string of the molecule is COc1ccc(C(=O)NCC(C(=O)O)c2ccc(Cl)cc2Cl)cc1. The number of carboxylic acid groups (broad SMARTS) is 1. The lowest BCUT2D eigenvalue weighted by atomic mass is 9.99. The maximum absolute atomic E-state index is 12.1. The smallest absolute Gasteiger partial charge is 0.312 e. The summed E-state index contributed by atoms with van der Waals surface area (Å²) in [6, 6.07) is 11.1. The number of carboxylic acids is 1. The van der Waals surface area contributed by atoms with Gasteiger partial charge in [0.1, 0.15) is 11.7 Å². The first-order valence-electron chi connectivity index (χ1n) is 7.02. The molecule has 0 bridgehead atoms. The quantitative estimate of drug-likeness (QED) is 0.817. The highest BCUT2D eigenvalue weighted by molar-refractivity contribution is 6.35. The van der Waals surface area contributed by atoms with Crippen molar-refractivity contribution in [3.05, 3.63) is 63.6 Å². The third-order valence-electron chi connectivity index (χ3n) is 3.45. The molecule has 0 aliphatic rings. The van der Waals surface area contributed by atoms with Gasteiger partial charge < -0.3 is 15.2 Å². The van der Waals surface area contributed by atoms with Crippen LogP contribution in [0.25, 0.3) is 0 Å². The Morgan fingerprint density at radius 1 is 1.17 bits per heavy atom. The van der Waals surface area contributed by atoms with E-state index in [4.69, 9.17) is 27.9 Å². The highest BCUT2D eigenvalue weighted by Crippen LogP contribution is 2.27. The van der Waals surface area contributed by atoms with Gasteiger partial charge in [-0.3, -0.25) is 9.59 Å². The summed E-state index contributed by atoms with van der Waals surface area (Å²) in [5.41, 5.74) is 0.797. The maximum atomic E-state index is 12.1. The van der Waals surface area contributed by atoms with E-state index in [1.165, 1.54) is 13.2 Å². The van der Waals surface area contributed by atoms with Crippen molar-refractivity contribution in [3.8, 4) is 5.75 Å². The lowest BCUT2D eigenvalue weighted by molar-refractivity contribution is -0.138. The lowest BCUT2D eigenvalue weighted by Gasteiger charge is -2.15. The average Bonchev–Trinajstić information content (AvgIpc) is 2.56. The van der Waals surface area contributed by atoms with Crippen molar-refractivity contribution in [1.29, 1.82) is 0 Å². The Labute approximate surface area is 149 Å². The van der Waals surface area contributed by atoms with Crippen LogP contribution in [0.2, 0.25) is 10.0 Å². The molecule has 24 heavy (non-hydrogen) atoms. The van der Waals surface area contributed by atoms with Gasteiger partial charge in [0.05, 0.1) is 7.11 Å². The van der Waals surface area contributed by atoms with Crippen LogP contribution >= 0.6 is 23.2 Å². The van der Waals surface area contributed by atoms with Crippen LogP contribution in [0, 0.1) is 0 Å². The van der Waals surface area contributed by atoms with Crippen LogP contribution in [0.5, 0.6) is 5.75 Å². The van der Waals surface area contributed by atoms with Gasteiger partial charge in [0.25, 0.3) is 5.91 Å². The second-order valence-electron chi connectivity index (χ2n) is 5.00. The van der Waals surface area contributed by atoms with Gasteiger partial charge in [-0.05, 0) is 42.0 Å². The zero-order chi connectivity index (χ0) is 17.7. The van der Waals surface area contributed by atoms with Crippen LogP contribution in [0.1, 0.15) is 21.8 Å². The van der Waals surface area contributed by atoms with E-state index in [1.54, 1.807) is 36.4 Å². The van der Waals surface area contributed by atoms with Crippen LogP contribution < -0.4 is 10.1 Å². The number of carbonyl (C=O) groups excluding carboxylic acids is 1. The molecular weight excluding hydrogens is 353 g/mol. The van der Waals surface area contributed by atoms with E-state index in [9.17, 15) is 14.7 Å². The number of ether oxygens (including phenoxy) is 1. The van der Waals surface area contributed by atoms with Crippen LogP contribution in [0.3, 0.4) is 0 Å². The summed E-state index contributed by atoms with van der Waals surface area (Å²) in [6.07, 6.45) is 0. The number of halogens is 2. The van der Waals surface area contributed by atoms with E-state index in [0.29, 0.717) is 21.9 Å². The largest absolute Gasteiger partial charge is 0.497 e. The molecule has 1 amide bonds. The number of nitrogens with one attached hydrogen (secondary N) is 1. The maximum Gasteiger partial charge on any atom is 0.312 e. The third kappa shape index (κ3) is 4.40. The fourth-order valence-corrected chi connectivity index (χ4v) is 2.69. The Kier molecular flexibility index (Phi) is 6.06. The molecule has 1 unspecified atom stereocenters. The number of rotatable bonds is 6. The Balaban J connectivity index is 2.10. The molecule has 0 aliphatic carbocycles. The van der Waals surface area contributed by atoms with Gasteiger partial charge in [0.15, 0.2) is 0 Å². The highest BCUT2D eigenvalue weighted by Gasteiger charge is 2.23. The molecular formula is C17H15Cl2NO4. The van der Waals surface area contributed by atoms with E-state index >= 15 is 0 Å². The Morgan fingerprint density at radius 3 is 2.38 bits per heavy atom. The molecule has 2 N–H and O–H groups in total.